The second-order valence-electron chi connectivity index (χ2n) is 7.03. The van der Waals surface area contributed by atoms with Crippen LogP contribution in [0.2, 0.25) is 0 Å². The van der Waals surface area contributed by atoms with Crippen LogP contribution in [0.1, 0.15) is 44.1 Å². The zero-order valence-electron chi connectivity index (χ0n) is 13.5. The van der Waals surface area contributed by atoms with Crippen molar-refractivity contribution in [2.75, 3.05) is 0 Å². The molecular formula is C18H23F2NO3. The second kappa shape index (κ2) is 6.41. The van der Waals surface area contributed by atoms with Crippen molar-refractivity contribution in [3.05, 3.63) is 35.9 Å². The zero-order valence-corrected chi connectivity index (χ0v) is 13.5. The highest BCUT2D eigenvalue weighted by molar-refractivity contribution is 5.82. The molecule has 2 fully saturated rings. The van der Waals surface area contributed by atoms with Crippen LogP contribution in [-0.2, 0) is 15.1 Å². The molecule has 2 aliphatic carbocycles. The summed E-state index contributed by atoms with van der Waals surface area (Å²) in [4.78, 5) is 12.8. The number of carbonyl (C=O) groups is 1. The minimum absolute atomic E-state index is 0.0246. The molecule has 0 radical (unpaired) electrons. The van der Waals surface area contributed by atoms with Crippen LogP contribution < -0.4 is 5.73 Å². The number of benzene rings is 1. The molecule has 4 nitrogen and oxygen atoms in total. The largest absolute Gasteiger partial charge is 0.460 e. The highest BCUT2D eigenvalue weighted by Crippen LogP contribution is 2.48. The van der Waals surface area contributed by atoms with E-state index in [1.807, 2.05) is 0 Å². The summed E-state index contributed by atoms with van der Waals surface area (Å²) >= 11 is 0. The van der Waals surface area contributed by atoms with Crippen molar-refractivity contribution in [2.24, 2.45) is 11.7 Å². The lowest BCUT2D eigenvalue weighted by molar-refractivity contribution is -0.180. The maximum absolute atomic E-state index is 13.7. The zero-order chi connectivity index (χ0) is 17.4. The first-order chi connectivity index (χ1) is 11.3. The van der Waals surface area contributed by atoms with Crippen molar-refractivity contribution >= 4 is 5.97 Å². The summed E-state index contributed by atoms with van der Waals surface area (Å²) in [6.07, 6.45) is 0.813. The van der Waals surface area contributed by atoms with Crippen LogP contribution in [0.25, 0.3) is 0 Å². The van der Waals surface area contributed by atoms with Crippen molar-refractivity contribution in [3.8, 4) is 0 Å². The van der Waals surface area contributed by atoms with Crippen LogP contribution in [-0.4, -0.2) is 29.1 Å². The van der Waals surface area contributed by atoms with Gasteiger partial charge in [-0.05, 0) is 31.2 Å². The normalized spacial score (nSPS) is 31.6. The van der Waals surface area contributed by atoms with Gasteiger partial charge in [-0.2, -0.15) is 0 Å². The summed E-state index contributed by atoms with van der Waals surface area (Å²) in [5.74, 6) is -4.56. The Hall–Kier alpha value is -1.53. The number of esters is 1. The van der Waals surface area contributed by atoms with Crippen LogP contribution in [0.5, 0.6) is 0 Å². The maximum atomic E-state index is 13.7. The van der Waals surface area contributed by atoms with Gasteiger partial charge < -0.3 is 15.6 Å². The Kier molecular flexibility index (Phi) is 4.62. The van der Waals surface area contributed by atoms with Gasteiger partial charge in [-0.1, -0.05) is 30.3 Å². The van der Waals surface area contributed by atoms with E-state index in [9.17, 15) is 18.7 Å². The van der Waals surface area contributed by atoms with E-state index in [1.54, 1.807) is 30.3 Å². The fourth-order valence-electron chi connectivity index (χ4n) is 3.84. The quantitative estimate of drug-likeness (QED) is 0.828. The smallest absolute Gasteiger partial charge is 0.343 e. The first-order valence-electron chi connectivity index (χ1n) is 8.43. The molecule has 0 saturated heterocycles. The monoisotopic (exact) mass is 339 g/mol. The summed E-state index contributed by atoms with van der Waals surface area (Å²) in [6, 6.07) is 8.23. The average Bonchev–Trinajstić information content (AvgIpc) is 3.12. The highest BCUT2D eigenvalue weighted by atomic mass is 19.3. The van der Waals surface area contributed by atoms with E-state index in [1.165, 1.54) is 0 Å². The van der Waals surface area contributed by atoms with Crippen molar-refractivity contribution in [1.29, 1.82) is 0 Å². The number of aliphatic hydroxyl groups is 1. The summed E-state index contributed by atoms with van der Waals surface area (Å²) < 4.78 is 32.8. The molecule has 0 amide bonds. The third kappa shape index (κ3) is 3.30. The number of nitrogens with two attached hydrogens (primary N) is 1. The van der Waals surface area contributed by atoms with E-state index in [0.717, 1.165) is 6.42 Å². The second-order valence-corrected chi connectivity index (χ2v) is 7.03. The Morgan fingerprint density at radius 3 is 2.50 bits per heavy atom. The number of hydrogen-bond acceptors (Lipinski definition) is 4. The molecule has 0 heterocycles. The van der Waals surface area contributed by atoms with Crippen LogP contribution in [0.3, 0.4) is 0 Å². The van der Waals surface area contributed by atoms with Gasteiger partial charge in [0.05, 0.1) is 0 Å². The SMILES string of the molecule is NC1CCC(OC(=O)[C@](O)(c2ccccc2)[C@@H]2CCC(F)(F)C2)C1. The molecule has 0 bridgehead atoms. The van der Waals surface area contributed by atoms with Gasteiger partial charge in [-0.3, -0.25) is 0 Å². The van der Waals surface area contributed by atoms with Crippen LogP contribution >= 0.6 is 0 Å². The molecule has 2 aliphatic rings. The lowest BCUT2D eigenvalue weighted by Gasteiger charge is -2.33. The number of ether oxygens (including phenoxy) is 1. The molecule has 4 atom stereocenters. The first kappa shape index (κ1) is 17.3. The molecule has 3 rings (SSSR count). The van der Waals surface area contributed by atoms with E-state index < -0.39 is 29.8 Å². The molecule has 1 aromatic carbocycles. The molecule has 2 saturated carbocycles. The molecule has 132 valence electrons. The Balaban J connectivity index is 1.86. The predicted octanol–water partition coefficient (Wildman–Crippen LogP) is 2.73. The van der Waals surface area contributed by atoms with Gasteiger partial charge in [0.15, 0.2) is 5.60 Å². The van der Waals surface area contributed by atoms with Gasteiger partial charge >= 0.3 is 5.97 Å². The van der Waals surface area contributed by atoms with Crippen LogP contribution in [0.4, 0.5) is 8.78 Å². The molecule has 0 spiro atoms. The molecule has 3 N–H and O–H groups in total. The predicted molar refractivity (Wildman–Crippen MR) is 84.3 cm³/mol. The van der Waals surface area contributed by atoms with E-state index >= 15 is 0 Å². The van der Waals surface area contributed by atoms with Crippen molar-refractivity contribution in [1.82, 2.24) is 0 Å². The lowest BCUT2D eigenvalue weighted by atomic mass is 9.80. The van der Waals surface area contributed by atoms with E-state index in [0.29, 0.717) is 18.4 Å². The summed E-state index contributed by atoms with van der Waals surface area (Å²) in [5, 5.41) is 11.2. The van der Waals surface area contributed by atoms with Crippen LogP contribution in [0, 0.1) is 5.92 Å². The van der Waals surface area contributed by atoms with Gasteiger partial charge in [0.25, 0.3) is 0 Å². The van der Waals surface area contributed by atoms with Gasteiger partial charge in [0, 0.05) is 24.8 Å². The number of carbonyl (C=O) groups excluding carboxylic acids is 1. The number of halogens is 2. The minimum atomic E-state index is -2.86. The Bertz CT molecular complexity index is 595. The maximum Gasteiger partial charge on any atom is 0.343 e. The van der Waals surface area contributed by atoms with E-state index in [-0.39, 0.29) is 25.0 Å². The highest BCUT2D eigenvalue weighted by Gasteiger charge is 2.54. The third-order valence-electron chi connectivity index (χ3n) is 5.22. The first-order valence-corrected chi connectivity index (χ1v) is 8.43. The molecule has 0 aliphatic heterocycles. The summed E-state index contributed by atoms with van der Waals surface area (Å²) in [5.41, 5.74) is 4.08. The van der Waals surface area contributed by atoms with Crippen molar-refractivity contribution in [2.45, 2.75) is 62.2 Å². The molecule has 0 aromatic heterocycles. The van der Waals surface area contributed by atoms with E-state index in [2.05, 4.69) is 0 Å². The van der Waals surface area contributed by atoms with Gasteiger partial charge in [-0.15, -0.1) is 0 Å². The van der Waals surface area contributed by atoms with Gasteiger partial charge in [0.1, 0.15) is 6.10 Å². The molecule has 1 aromatic rings. The Morgan fingerprint density at radius 2 is 1.96 bits per heavy atom. The fraction of sp³-hybridized carbons (Fsp3) is 0.611. The summed E-state index contributed by atoms with van der Waals surface area (Å²) in [6.45, 7) is 0. The molecule has 6 heteroatoms. The molecule has 2 unspecified atom stereocenters. The molecule has 24 heavy (non-hydrogen) atoms. The van der Waals surface area contributed by atoms with Gasteiger partial charge in [-0.25, -0.2) is 13.6 Å². The molecular weight excluding hydrogens is 316 g/mol. The average molecular weight is 339 g/mol. The van der Waals surface area contributed by atoms with Crippen LogP contribution in [0.15, 0.2) is 30.3 Å². The number of hydrogen-bond donors (Lipinski definition) is 2. The van der Waals surface area contributed by atoms with Gasteiger partial charge in [0.2, 0.25) is 5.92 Å². The van der Waals surface area contributed by atoms with Crippen molar-refractivity contribution < 1.29 is 23.4 Å². The summed E-state index contributed by atoms with van der Waals surface area (Å²) in [7, 11) is 0. The fourth-order valence-corrected chi connectivity index (χ4v) is 3.84. The minimum Gasteiger partial charge on any atom is -0.460 e. The van der Waals surface area contributed by atoms with E-state index in [4.69, 9.17) is 10.5 Å². The van der Waals surface area contributed by atoms with Crippen molar-refractivity contribution in [3.63, 3.8) is 0 Å². The third-order valence-corrected chi connectivity index (χ3v) is 5.22. The Labute approximate surface area is 140 Å². The standard InChI is InChI=1S/C18H23F2NO3/c19-17(20)9-8-13(11-17)18(23,12-4-2-1-3-5-12)16(22)24-15-7-6-14(21)10-15/h1-5,13-15,23H,6-11,21H2/t13-,14?,15?,18+/m1/s1. The topological polar surface area (TPSA) is 72.5 Å². The number of alkyl halides is 2. The Morgan fingerprint density at radius 1 is 1.25 bits per heavy atom. The lowest BCUT2D eigenvalue weighted by Crippen LogP contribution is -2.45. The number of rotatable bonds is 4.